The second-order valence-electron chi connectivity index (χ2n) is 8.89. The number of fused-ring (bicyclic) bond motifs is 1. The van der Waals surface area contributed by atoms with Crippen molar-refractivity contribution in [2.75, 3.05) is 25.7 Å². The van der Waals surface area contributed by atoms with Gasteiger partial charge in [-0.05, 0) is 73.5 Å². The third-order valence-electron chi connectivity index (χ3n) is 6.67. The maximum absolute atomic E-state index is 13.6. The molecule has 1 aliphatic heterocycles. The number of aliphatic hydroxyl groups is 1. The van der Waals surface area contributed by atoms with E-state index in [2.05, 4.69) is 6.92 Å². The molecule has 0 saturated carbocycles. The number of aromatic nitrogens is 1. The number of aliphatic hydroxyl groups excluding tert-OH is 1. The largest absolute Gasteiger partial charge is 0.507 e. The molecule has 4 aromatic rings. The van der Waals surface area contributed by atoms with E-state index in [1.807, 2.05) is 25.1 Å². The zero-order chi connectivity index (χ0) is 27.7. The molecule has 1 atom stereocenters. The minimum atomic E-state index is -1.01. The smallest absolute Gasteiger partial charge is 0.301 e. The van der Waals surface area contributed by atoms with E-state index in [1.54, 1.807) is 42.5 Å². The summed E-state index contributed by atoms with van der Waals surface area (Å²) >= 11 is 1.32. The van der Waals surface area contributed by atoms with Crippen LogP contribution in [0, 0.1) is 0 Å². The monoisotopic (exact) mass is 544 g/mol. The van der Waals surface area contributed by atoms with Crippen molar-refractivity contribution in [3.05, 3.63) is 82.9 Å². The highest BCUT2D eigenvalue weighted by Gasteiger charge is 2.49. The minimum absolute atomic E-state index is 0.0655. The molecule has 9 heteroatoms. The van der Waals surface area contributed by atoms with Gasteiger partial charge in [-0.15, -0.1) is 0 Å². The molecule has 5 rings (SSSR count). The Bertz CT molecular complexity index is 1590. The Hall–Kier alpha value is -4.37. The summed E-state index contributed by atoms with van der Waals surface area (Å²) in [5.74, 6) is -0.337. The van der Waals surface area contributed by atoms with Crippen LogP contribution >= 0.6 is 11.3 Å². The number of methoxy groups -OCH3 is 2. The van der Waals surface area contributed by atoms with Gasteiger partial charge in [-0.25, -0.2) is 4.98 Å². The van der Waals surface area contributed by atoms with Gasteiger partial charge in [0.25, 0.3) is 5.78 Å². The van der Waals surface area contributed by atoms with E-state index >= 15 is 0 Å². The first kappa shape index (κ1) is 26.2. The number of hydrogen-bond acceptors (Lipinski definition) is 8. The molecule has 1 aliphatic rings. The zero-order valence-electron chi connectivity index (χ0n) is 22.1. The summed E-state index contributed by atoms with van der Waals surface area (Å²) in [5, 5.41) is 11.8. The molecule has 1 saturated heterocycles. The highest BCUT2D eigenvalue weighted by molar-refractivity contribution is 7.22. The fourth-order valence-corrected chi connectivity index (χ4v) is 5.74. The summed E-state index contributed by atoms with van der Waals surface area (Å²) in [7, 11) is 3.04. The molecule has 1 amide bonds. The quantitative estimate of drug-likeness (QED) is 0.168. The van der Waals surface area contributed by atoms with E-state index in [9.17, 15) is 14.7 Å². The number of benzene rings is 3. The van der Waals surface area contributed by atoms with Crippen LogP contribution in [0.5, 0.6) is 17.2 Å². The Balaban J connectivity index is 1.73. The fourth-order valence-electron chi connectivity index (χ4n) is 4.69. The number of hydrogen-bond donors (Lipinski definition) is 1. The highest BCUT2D eigenvalue weighted by atomic mass is 32.1. The molecule has 0 aliphatic carbocycles. The summed E-state index contributed by atoms with van der Waals surface area (Å²) in [6.07, 6.45) is 0.858. The normalized spacial score (nSPS) is 16.6. The van der Waals surface area contributed by atoms with E-state index < -0.39 is 17.7 Å². The molecular formula is C30H28N2O6S. The standard InChI is InChI=1S/C30H28N2O6S/c1-5-17-7-13-22-24(15-17)39-30(31-22)32-26(21-16-20(36-3)12-14-23(21)37-4)25(28(34)29(32)35)27(33)18-8-10-19(11-9-18)38-6-2/h7-16,26,33H,5-6H2,1-4H3/b27-25+. The van der Waals surface area contributed by atoms with Crippen LogP contribution in [0.2, 0.25) is 0 Å². The van der Waals surface area contributed by atoms with Gasteiger partial charge in [0, 0.05) is 11.1 Å². The first-order chi connectivity index (χ1) is 18.9. The molecule has 0 spiro atoms. The van der Waals surface area contributed by atoms with Crippen LogP contribution in [0.3, 0.4) is 0 Å². The van der Waals surface area contributed by atoms with Crippen LogP contribution in [0.1, 0.15) is 36.6 Å². The van der Waals surface area contributed by atoms with Gasteiger partial charge < -0.3 is 19.3 Å². The van der Waals surface area contributed by atoms with Gasteiger partial charge in [0.2, 0.25) is 0 Å². The molecule has 1 fully saturated rings. The number of thiazole rings is 1. The zero-order valence-corrected chi connectivity index (χ0v) is 22.9. The molecule has 200 valence electrons. The minimum Gasteiger partial charge on any atom is -0.507 e. The Morgan fingerprint density at radius 3 is 2.38 bits per heavy atom. The maximum Gasteiger partial charge on any atom is 0.301 e. The predicted molar refractivity (Wildman–Crippen MR) is 151 cm³/mol. The van der Waals surface area contributed by atoms with Crippen molar-refractivity contribution >= 4 is 44.1 Å². The Labute approximate surface area is 230 Å². The van der Waals surface area contributed by atoms with Gasteiger partial charge in [-0.2, -0.15) is 0 Å². The molecule has 8 nitrogen and oxygen atoms in total. The Morgan fingerprint density at radius 1 is 0.974 bits per heavy atom. The molecule has 3 aromatic carbocycles. The van der Waals surface area contributed by atoms with E-state index in [-0.39, 0.29) is 11.3 Å². The van der Waals surface area contributed by atoms with E-state index in [1.165, 1.54) is 30.5 Å². The van der Waals surface area contributed by atoms with Crippen molar-refractivity contribution in [1.29, 1.82) is 0 Å². The summed E-state index contributed by atoms with van der Waals surface area (Å²) in [5.41, 5.74) is 2.65. The van der Waals surface area contributed by atoms with Gasteiger partial charge in [0.1, 0.15) is 29.0 Å². The molecule has 0 bridgehead atoms. The van der Waals surface area contributed by atoms with Gasteiger partial charge in [0.15, 0.2) is 5.13 Å². The SMILES string of the molecule is CCOc1ccc(/C(O)=C2\C(=O)C(=O)N(c3nc4ccc(CC)cc4s3)C2c2cc(OC)ccc2OC)cc1. The lowest BCUT2D eigenvalue weighted by atomic mass is 9.94. The van der Waals surface area contributed by atoms with Crippen molar-refractivity contribution in [3.63, 3.8) is 0 Å². The van der Waals surface area contributed by atoms with Crippen molar-refractivity contribution in [1.82, 2.24) is 4.98 Å². The number of carbonyl (C=O) groups is 2. The van der Waals surface area contributed by atoms with Crippen LogP contribution < -0.4 is 19.1 Å². The van der Waals surface area contributed by atoms with E-state index in [4.69, 9.17) is 19.2 Å². The second kappa shape index (κ2) is 10.8. The summed E-state index contributed by atoms with van der Waals surface area (Å²) in [6.45, 7) is 4.44. The lowest BCUT2D eigenvalue weighted by Gasteiger charge is -2.25. The molecule has 1 aromatic heterocycles. The van der Waals surface area contributed by atoms with Gasteiger partial charge >= 0.3 is 5.91 Å². The number of anilines is 1. The molecule has 1 N–H and O–H groups in total. The molecule has 0 radical (unpaired) electrons. The van der Waals surface area contributed by atoms with Crippen molar-refractivity contribution < 1.29 is 28.9 Å². The number of carbonyl (C=O) groups excluding carboxylic acids is 2. The Kier molecular flexibility index (Phi) is 7.26. The van der Waals surface area contributed by atoms with Gasteiger partial charge in [0.05, 0.1) is 36.6 Å². The summed E-state index contributed by atoms with van der Waals surface area (Å²) in [4.78, 5) is 33.3. The molecule has 1 unspecified atom stereocenters. The number of ether oxygens (including phenoxy) is 3. The number of amides is 1. The van der Waals surface area contributed by atoms with Gasteiger partial charge in [-0.3, -0.25) is 14.5 Å². The maximum atomic E-state index is 13.6. The van der Waals surface area contributed by atoms with Crippen LogP contribution in [-0.4, -0.2) is 42.6 Å². The molecule has 2 heterocycles. The van der Waals surface area contributed by atoms with E-state index in [0.717, 1.165) is 22.2 Å². The number of ketones is 1. The molecular weight excluding hydrogens is 516 g/mol. The Morgan fingerprint density at radius 2 is 1.72 bits per heavy atom. The van der Waals surface area contributed by atoms with Crippen LogP contribution in [0.15, 0.2) is 66.2 Å². The lowest BCUT2D eigenvalue weighted by Crippen LogP contribution is -2.29. The fraction of sp³-hybridized carbons (Fsp3) is 0.233. The van der Waals surface area contributed by atoms with Crippen LogP contribution in [0.25, 0.3) is 16.0 Å². The average molecular weight is 545 g/mol. The van der Waals surface area contributed by atoms with Crippen molar-refractivity contribution in [2.24, 2.45) is 0 Å². The number of Topliss-reactive ketones (excluding diaryl/α,β-unsaturated/α-hetero) is 1. The summed E-state index contributed by atoms with van der Waals surface area (Å²) < 4.78 is 17.5. The number of rotatable bonds is 8. The van der Waals surface area contributed by atoms with Gasteiger partial charge in [-0.1, -0.05) is 24.3 Å². The predicted octanol–water partition coefficient (Wildman–Crippen LogP) is 5.90. The third kappa shape index (κ3) is 4.70. The van der Waals surface area contributed by atoms with Crippen LogP contribution in [0.4, 0.5) is 5.13 Å². The first-order valence-corrected chi connectivity index (χ1v) is 13.4. The third-order valence-corrected chi connectivity index (χ3v) is 7.69. The number of nitrogens with zero attached hydrogens (tertiary/aromatic N) is 2. The molecule has 39 heavy (non-hydrogen) atoms. The van der Waals surface area contributed by atoms with Crippen LogP contribution in [-0.2, 0) is 16.0 Å². The van der Waals surface area contributed by atoms with Crippen molar-refractivity contribution in [3.8, 4) is 17.2 Å². The van der Waals surface area contributed by atoms with E-state index in [0.29, 0.717) is 40.1 Å². The topological polar surface area (TPSA) is 98.2 Å². The summed E-state index contributed by atoms with van der Waals surface area (Å²) in [6, 6.07) is 16.8. The lowest BCUT2D eigenvalue weighted by molar-refractivity contribution is -0.132. The highest BCUT2D eigenvalue weighted by Crippen LogP contribution is 2.47. The second-order valence-corrected chi connectivity index (χ2v) is 9.90. The first-order valence-electron chi connectivity index (χ1n) is 12.6. The average Bonchev–Trinajstić information content (AvgIpc) is 3.50. The number of aryl methyl sites for hydroxylation is 1. The van der Waals surface area contributed by atoms with Crippen molar-refractivity contribution in [2.45, 2.75) is 26.3 Å².